The van der Waals surface area contributed by atoms with E-state index in [1.54, 1.807) is 0 Å². The van der Waals surface area contributed by atoms with Crippen LogP contribution in [0.15, 0.2) is 48.7 Å². The van der Waals surface area contributed by atoms with Crippen molar-refractivity contribution in [3.63, 3.8) is 0 Å². The lowest BCUT2D eigenvalue weighted by molar-refractivity contribution is -0.137. The average molecular weight is 425 g/mol. The molecule has 3 aromatic rings. The lowest BCUT2D eigenvalue weighted by Crippen LogP contribution is -2.13. The molecule has 0 saturated heterocycles. The van der Waals surface area contributed by atoms with Gasteiger partial charge in [0.2, 0.25) is 0 Å². The van der Waals surface area contributed by atoms with Crippen molar-refractivity contribution in [2.75, 3.05) is 5.32 Å². The summed E-state index contributed by atoms with van der Waals surface area (Å²) in [6.45, 7) is 2.28. The zero-order chi connectivity index (χ0) is 21.9. The minimum Gasteiger partial charge on any atom is -0.437 e. The van der Waals surface area contributed by atoms with Crippen molar-refractivity contribution in [2.24, 2.45) is 0 Å². The van der Waals surface area contributed by atoms with Crippen LogP contribution in [0.5, 0.6) is 11.6 Å². The molecule has 0 unspecified atom stereocenters. The third kappa shape index (κ3) is 4.94. The largest absolute Gasteiger partial charge is 0.437 e. The number of halogens is 5. The van der Waals surface area contributed by atoms with Crippen molar-refractivity contribution in [1.82, 2.24) is 9.78 Å². The Hall–Kier alpha value is -3.43. The number of hydrogen-bond donors (Lipinski definition) is 1. The third-order valence-electron chi connectivity index (χ3n) is 3.98. The van der Waals surface area contributed by atoms with Gasteiger partial charge in [-0.25, -0.2) is 8.78 Å². The second kappa shape index (κ2) is 8.52. The summed E-state index contributed by atoms with van der Waals surface area (Å²) in [5, 5.41) is 6.36. The lowest BCUT2D eigenvalue weighted by Gasteiger charge is -2.10. The summed E-state index contributed by atoms with van der Waals surface area (Å²) in [7, 11) is 0. The summed E-state index contributed by atoms with van der Waals surface area (Å²) >= 11 is 0. The zero-order valence-electron chi connectivity index (χ0n) is 15.6. The quantitative estimate of drug-likeness (QED) is 0.521. The molecule has 2 aromatic carbocycles. The van der Waals surface area contributed by atoms with Gasteiger partial charge in [-0.3, -0.25) is 9.48 Å². The maximum atomic E-state index is 13.8. The molecule has 0 bridgehead atoms. The van der Waals surface area contributed by atoms with Gasteiger partial charge >= 0.3 is 6.18 Å². The molecule has 0 aliphatic rings. The van der Waals surface area contributed by atoms with Crippen molar-refractivity contribution in [3.05, 3.63) is 71.4 Å². The minimum absolute atomic E-state index is 0.121. The van der Waals surface area contributed by atoms with E-state index in [9.17, 15) is 26.7 Å². The van der Waals surface area contributed by atoms with E-state index in [1.165, 1.54) is 16.9 Å². The van der Waals surface area contributed by atoms with Crippen molar-refractivity contribution < 1.29 is 31.5 Å². The van der Waals surface area contributed by atoms with E-state index in [-0.39, 0.29) is 22.9 Å². The second-order valence-corrected chi connectivity index (χ2v) is 6.32. The van der Waals surface area contributed by atoms with E-state index in [1.807, 2.05) is 6.92 Å². The molecule has 0 radical (unpaired) electrons. The first-order valence-electron chi connectivity index (χ1n) is 8.86. The summed E-state index contributed by atoms with van der Waals surface area (Å²) < 4.78 is 72.5. The number of benzene rings is 2. The van der Waals surface area contributed by atoms with Gasteiger partial charge in [0.1, 0.15) is 22.9 Å². The van der Waals surface area contributed by atoms with Crippen molar-refractivity contribution in [3.8, 4) is 11.6 Å². The molecule has 1 heterocycles. The number of hydrogen-bond acceptors (Lipinski definition) is 3. The van der Waals surface area contributed by atoms with Crippen LogP contribution in [0.25, 0.3) is 0 Å². The van der Waals surface area contributed by atoms with Crippen LogP contribution in [0, 0.1) is 11.6 Å². The normalized spacial score (nSPS) is 11.4. The Bertz CT molecular complexity index is 1060. The Labute approximate surface area is 168 Å². The van der Waals surface area contributed by atoms with E-state index in [0.717, 1.165) is 30.3 Å². The van der Waals surface area contributed by atoms with Crippen LogP contribution < -0.4 is 10.1 Å². The molecule has 0 aliphatic carbocycles. The molecule has 1 aromatic heterocycles. The predicted molar refractivity (Wildman–Crippen MR) is 98.3 cm³/mol. The molecule has 158 valence electrons. The molecule has 0 atom stereocenters. The minimum atomic E-state index is -4.57. The topological polar surface area (TPSA) is 56.2 Å². The number of carbonyl (C=O) groups excluding carboxylic acids is 1. The van der Waals surface area contributed by atoms with Crippen LogP contribution in [-0.2, 0) is 12.7 Å². The number of anilines is 1. The van der Waals surface area contributed by atoms with E-state index in [0.29, 0.717) is 19.0 Å². The molecule has 5 nitrogen and oxygen atoms in total. The fourth-order valence-corrected chi connectivity index (χ4v) is 2.61. The van der Waals surface area contributed by atoms with Crippen LogP contribution >= 0.6 is 0 Å². The number of carbonyl (C=O) groups is 1. The van der Waals surface area contributed by atoms with Gasteiger partial charge in [-0.2, -0.15) is 13.2 Å². The molecule has 0 aliphatic heterocycles. The molecule has 3 rings (SSSR count). The van der Waals surface area contributed by atoms with Crippen LogP contribution in [0.2, 0.25) is 0 Å². The second-order valence-electron chi connectivity index (χ2n) is 6.32. The fraction of sp³-hybridized carbons (Fsp3) is 0.200. The molecule has 0 fully saturated rings. The highest BCUT2D eigenvalue weighted by atomic mass is 19.4. The van der Waals surface area contributed by atoms with Gasteiger partial charge in [0, 0.05) is 18.8 Å². The first-order chi connectivity index (χ1) is 14.2. The summed E-state index contributed by atoms with van der Waals surface area (Å²) in [5.41, 5.74) is -1.31. The van der Waals surface area contributed by atoms with Gasteiger partial charge in [-0.05, 0) is 36.8 Å². The Morgan fingerprint density at radius 1 is 1.17 bits per heavy atom. The highest BCUT2D eigenvalue weighted by Crippen LogP contribution is 2.33. The van der Waals surface area contributed by atoms with E-state index in [2.05, 4.69) is 10.4 Å². The number of nitrogens with one attached hydrogen (secondary N) is 1. The Morgan fingerprint density at radius 3 is 2.60 bits per heavy atom. The molecule has 1 amide bonds. The highest BCUT2D eigenvalue weighted by Gasteiger charge is 2.31. The van der Waals surface area contributed by atoms with Gasteiger partial charge < -0.3 is 10.1 Å². The maximum Gasteiger partial charge on any atom is 0.416 e. The smallest absolute Gasteiger partial charge is 0.416 e. The third-order valence-corrected chi connectivity index (χ3v) is 3.98. The van der Waals surface area contributed by atoms with Gasteiger partial charge in [0.05, 0.1) is 11.3 Å². The first-order valence-corrected chi connectivity index (χ1v) is 8.86. The van der Waals surface area contributed by atoms with Crippen molar-refractivity contribution >= 4 is 11.6 Å². The average Bonchev–Trinajstić information content (AvgIpc) is 3.06. The van der Waals surface area contributed by atoms with Crippen molar-refractivity contribution in [2.45, 2.75) is 26.1 Å². The van der Waals surface area contributed by atoms with Gasteiger partial charge in [0.25, 0.3) is 11.8 Å². The number of alkyl halides is 3. The molecule has 10 heteroatoms. The molecular weight excluding hydrogens is 409 g/mol. The van der Waals surface area contributed by atoms with Gasteiger partial charge in [-0.15, -0.1) is 5.10 Å². The van der Waals surface area contributed by atoms with E-state index >= 15 is 0 Å². The van der Waals surface area contributed by atoms with Crippen molar-refractivity contribution in [1.29, 1.82) is 0 Å². The van der Waals surface area contributed by atoms with Crippen LogP contribution in [-0.4, -0.2) is 15.7 Å². The SMILES string of the molecule is CCCn1cc(C(=O)Nc2ccc(F)cc2F)c(Oc2cccc(C(F)(F)F)c2)n1. The van der Waals surface area contributed by atoms with E-state index in [4.69, 9.17) is 4.74 Å². The molecule has 0 spiro atoms. The number of rotatable bonds is 6. The maximum absolute atomic E-state index is 13.8. The zero-order valence-corrected chi connectivity index (χ0v) is 15.6. The summed E-state index contributed by atoms with van der Waals surface area (Å²) in [6.07, 6.45) is -2.57. The van der Waals surface area contributed by atoms with Gasteiger partial charge in [-0.1, -0.05) is 13.0 Å². The fourth-order valence-electron chi connectivity index (χ4n) is 2.61. The Balaban J connectivity index is 1.90. The summed E-state index contributed by atoms with van der Waals surface area (Å²) in [4.78, 5) is 12.6. The highest BCUT2D eigenvalue weighted by molar-refractivity contribution is 6.05. The number of aromatic nitrogens is 2. The number of amides is 1. The van der Waals surface area contributed by atoms with Crippen LogP contribution in [0.1, 0.15) is 29.3 Å². The molecule has 1 N–H and O–H groups in total. The summed E-state index contributed by atoms with van der Waals surface area (Å²) in [6, 6.07) is 6.74. The number of nitrogens with zero attached hydrogens (tertiary/aromatic N) is 2. The number of aryl methyl sites for hydroxylation is 1. The van der Waals surface area contributed by atoms with Crippen LogP contribution in [0.4, 0.5) is 27.6 Å². The Kier molecular flexibility index (Phi) is 6.04. The standard InChI is InChI=1S/C20H16F5N3O2/c1-2-8-28-11-15(18(29)26-17-7-6-13(21)10-16(17)22)19(27-28)30-14-5-3-4-12(9-14)20(23,24)25/h3-7,9-11H,2,8H2,1H3,(H,26,29). The Morgan fingerprint density at radius 2 is 1.93 bits per heavy atom. The monoisotopic (exact) mass is 425 g/mol. The molecular formula is C20H16F5N3O2. The van der Waals surface area contributed by atoms with Gasteiger partial charge in [0.15, 0.2) is 0 Å². The van der Waals surface area contributed by atoms with Crippen LogP contribution in [0.3, 0.4) is 0 Å². The molecule has 0 saturated carbocycles. The summed E-state index contributed by atoms with van der Waals surface area (Å²) in [5.74, 6) is -3.03. The number of ether oxygens (including phenoxy) is 1. The lowest BCUT2D eigenvalue weighted by atomic mass is 10.2. The molecule has 30 heavy (non-hydrogen) atoms. The first kappa shape index (κ1) is 21.3. The predicted octanol–water partition coefficient (Wildman–Crippen LogP) is 5.63. The van der Waals surface area contributed by atoms with E-state index < -0.39 is 29.3 Å².